The second-order valence-corrected chi connectivity index (χ2v) is 15.6. The molecule has 0 aromatic heterocycles. The molecule has 3 fully saturated rings. The predicted octanol–water partition coefficient (Wildman–Crippen LogP) is 2.05. The van der Waals surface area contributed by atoms with Gasteiger partial charge in [-0.15, -0.1) is 0 Å². The first-order valence-electron chi connectivity index (χ1n) is 17.6. The van der Waals surface area contributed by atoms with Gasteiger partial charge in [0.2, 0.25) is 17.6 Å². The normalized spacial score (nSPS) is 23.9. The molecule has 268 valence electrons. The van der Waals surface area contributed by atoms with E-state index in [2.05, 4.69) is 35.1 Å². The molecule has 1 aromatic carbocycles. The SMILES string of the molecule is CC(C)NC(=O)OC[C@@H](NC(=O)N[C@H](C(=O)N1C[C@H]2[C@@H]([C@H]1C(=O)NC(CC1CC1)C(=O)C(N)=O)C2(C)C)C1Cc2ccccc2C1)C(C)C. The van der Waals surface area contributed by atoms with Gasteiger partial charge in [0, 0.05) is 12.6 Å². The Balaban J connectivity index is 1.36. The van der Waals surface area contributed by atoms with Crippen molar-refractivity contribution < 1.29 is 33.5 Å². The molecular formula is C36H52N6O7. The number of amides is 6. The number of urea groups is 1. The molecule has 0 bridgehead atoms. The van der Waals surface area contributed by atoms with Crippen LogP contribution in [0.25, 0.3) is 0 Å². The van der Waals surface area contributed by atoms with Gasteiger partial charge in [0.1, 0.15) is 18.7 Å². The summed E-state index contributed by atoms with van der Waals surface area (Å²) in [7, 11) is 0. The van der Waals surface area contributed by atoms with Gasteiger partial charge in [-0.2, -0.15) is 0 Å². The van der Waals surface area contributed by atoms with Crippen molar-refractivity contribution in [3.8, 4) is 0 Å². The Morgan fingerprint density at radius 3 is 2.12 bits per heavy atom. The van der Waals surface area contributed by atoms with Gasteiger partial charge in [-0.05, 0) is 79.2 Å². The van der Waals surface area contributed by atoms with E-state index < -0.39 is 53.9 Å². The van der Waals surface area contributed by atoms with Crippen LogP contribution in [0.3, 0.4) is 0 Å². The number of hydrogen-bond acceptors (Lipinski definition) is 7. The predicted molar refractivity (Wildman–Crippen MR) is 181 cm³/mol. The lowest BCUT2D eigenvalue weighted by atomic mass is 9.93. The van der Waals surface area contributed by atoms with Crippen molar-refractivity contribution in [2.24, 2.45) is 40.7 Å². The van der Waals surface area contributed by atoms with Crippen LogP contribution in [-0.2, 0) is 36.8 Å². The summed E-state index contributed by atoms with van der Waals surface area (Å²) in [5, 5.41) is 11.3. The van der Waals surface area contributed by atoms with Gasteiger partial charge in [-0.25, -0.2) is 9.59 Å². The van der Waals surface area contributed by atoms with Crippen molar-refractivity contribution in [1.29, 1.82) is 0 Å². The molecule has 13 nitrogen and oxygen atoms in total. The molecule has 1 unspecified atom stereocenters. The molecular weight excluding hydrogens is 628 g/mol. The van der Waals surface area contributed by atoms with E-state index in [-0.39, 0.29) is 53.6 Å². The fourth-order valence-corrected chi connectivity index (χ4v) is 7.74. The second-order valence-electron chi connectivity index (χ2n) is 15.6. The van der Waals surface area contributed by atoms with E-state index in [9.17, 15) is 28.8 Å². The summed E-state index contributed by atoms with van der Waals surface area (Å²) in [6, 6.07) is 3.84. The minimum atomic E-state index is -1.10. The van der Waals surface area contributed by atoms with Crippen LogP contribution in [-0.4, -0.2) is 83.9 Å². The molecule has 0 spiro atoms. The molecule has 0 radical (unpaired) electrons. The number of primary amides is 1. The third-order valence-electron chi connectivity index (χ3n) is 10.9. The topological polar surface area (TPSA) is 189 Å². The summed E-state index contributed by atoms with van der Waals surface area (Å²) >= 11 is 0. The van der Waals surface area contributed by atoms with Crippen molar-refractivity contribution in [2.45, 2.75) is 104 Å². The average molecular weight is 681 g/mol. The van der Waals surface area contributed by atoms with Crippen LogP contribution < -0.4 is 27.0 Å². The van der Waals surface area contributed by atoms with Crippen molar-refractivity contribution in [3.05, 3.63) is 35.4 Å². The standard InChI is InChI=1S/C36H52N6O7/c1-18(2)26(17-49-35(48)38-19(3)4)40-34(47)41-28(23-14-21-9-7-8-10-22(21)15-23)33(46)42-16-24-27(36(24,5)6)29(42)32(45)39-25(13-20-11-12-20)30(43)31(37)44/h7-10,18-20,23-29H,11-17H2,1-6H3,(H2,37,44)(H,38,48)(H,39,45)(H2,40,41,47)/t24-,25?,26+,27-,28-,29-/m0/s1. The summed E-state index contributed by atoms with van der Waals surface area (Å²) in [4.78, 5) is 80.5. The Kier molecular flexibility index (Phi) is 10.6. The van der Waals surface area contributed by atoms with Crippen LogP contribution in [0.5, 0.6) is 0 Å². The quantitative estimate of drug-likeness (QED) is 0.186. The molecule has 5 rings (SSSR count). The van der Waals surface area contributed by atoms with Crippen LogP contribution in [0.4, 0.5) is 9.59 Å². The maximum Gasteiger partial charge on any atom is 0.407 e. The maximum atomic E-state index is 14.6. The first-order chi connectivity index (χ1) is 23.1. The molecule has 1 aliphatic heterocycles. The Hall–Kier alpha value is -4.16. The summed E-state index contributed by atoms with van der Waals surface area (Å²) in [6.07, 6.45) is 2.71. The molecule has 49 heavy (non-hydrogen) atoms. The number of carbonyl (C=O) groups is 6. The molecule has 1 aromatic rings. The molecule has 6 amide bonds. The van der Waals surface area contributed by atoms with Crippen LogP contribution in [0, 0.1) is 35.0 Å². The Morgan fingerprint density at radius 1 is 0.939 bits per heavy atom. The summed E-state index contributed by atoms with van der Waals surface area (Å²) in [5.74, 6) is -2.99. The fourth-order valence-electron chi connectivity index (χ4n) is 7.74. The number of fused-ring (bicyclic) bond motifs is 2. The number of rotatable bonds is 14. The molecule has 1 heterocycles. The summed E-state index contributed by atoms with van der Waals surface area (Å²) in [6.45, 7) is 11.8. The van der Waals surface area contributed by atoms with Gasteiger partial charge in [-0.1, -0.05) is 64.8 Å². The minimum Gasteiger partial charge on any atom is -0.447 e. The number of ether oxygens (including phenoxy) is 1. The highest BCUT2D eigenvalue weighted by atomic mass is 16.5. The first kappa shape index (κ1) is 36.1. The zero-order valence-electron chi connectivity index (χ0n) is 29.4. The monoisotopic (exact) mass is 680 g/mol. The molecule has 4 aliphatic rings. The molecule has 13 heteroatoms. The lowest BCUT2D eigenvalue weighted by Gasteiger charge is -2.35. The van der Waals surface area contributed by atoms with Crippen molar-refractivity contribution >= 4 is 35.6 Å². The molecule has 2 saturated carbocycles. The second kappa shape index (κ2) is 14.4. The van der Waals surface area contributed by atoms with Gasteiger partial charge in [0.25, 0.3) is 5.91 Å². The summed E-state index contributed by atoms with van der Waals surface area (Å²) < 4.78 is 5.36. The number of carbonyl (C=O) groups excluding carboxylic acids is 6. The lowest BCUT2D eigenvalue weighted by molar-refractivity contribution is -0.144. The first-order valence-corrected chi connectivity index (χ1v) is 17.6. The molecule has 6 atom stereocenters. The van der Waals surface area contributed by atoms with E-state index >= 15 is 0 Å². The van der Waals surface area contributed by atoms with E-state index in [0.29, 0.717) is 25.8 Å². The van der Waals surface area contributed by atoms with E-state index in [1.54, 1.807) is 4.90 Å². The third-order valence-corrected chi connectivity index (χ3v) is 10.9. The number of nitrogens with two attached hydrogens (primary N) is 1. The van der Waals surface area contributed by atoms with Gasteiger partial charge < -0.3 is 36.6 Å². The third kappa shape index (κ3) is 8.18. The fraction of sp³-hybridized carbons (Fsp3) is 0.667. The van der Waals surface area contributed by atoms with Gasteiger partial charge in [0.15, 0.2) is 0 Å². The minimum absolute atomic E-state index is 0.0595. The number of alkyl carbamates (subject to hydrolysis) is 1. The van der Waals surface area contributed by atoms with Gasteiger partial charge >= 0.3 is 12.1 Å². The average Bonchev–Trinajstić information content (AvgIpc) is 3.78. The zero-order valence-corrected chi connectivity index (χ0v) is 29.4. The maximum absolute atomic E-state index is 14.6. The number of nitrogens with one attached hydrogen (secondary N) is 4. The number of nitrogens with zero attached hydrogens (tertiary/aromatic N) is 1. The van der Waals surface area contributed by atoms with Crippen LogP contribution in [0.1, 0.15) is 71.9 Å². The van der Waals surface area contributed by atoms with Gasteiger partial charge in [0.05, 0.1) is 12.1 Å². The number of benzene rings is 1. The number of Topliss-reactive ketones (excluding diaryl/α,β-unsaturated/α-hetero) is 1. The van der Waals surface area contributed by atoms with E-state index in [1.165, 1.54) is 0 Å². The van der Waals surface area contributed by atoms with Crippen LogP contribution in [0.15, 0.2) is 24.3 Å². The summed E-state index contributed by atoms with van der Waals surface area (Å²) in [5.41, 5.74) is 7.34. The molecule has 3 aliphatic carbocycles. The Labute approximate surface area is 288 Å². The Morgan fingerprint density at radius 2 is 1.57 bits per heavy atom. The number of piperidine rings is 1. The van der Waals surface area contributed by atoms with Crippen molar-refractivity contribution in [3.63, 3.8) is 0 Å². The number of likely N-dealkylation sites (tertiary alicyclic amines) is 1. The highest BCUT2D eigenvalue weighted by molar-refractivity contribution is 6.37. The van der Waals surface area contributed by atoms with E-state index in [4.69, 9.17) is 10.5 Å². The van der Waals surface area contributed by atoms with Crippen LogP contribution >= 0.6 is 0 Å². The van der Waals surface area contributed by atoms with Crippen molar-refractivity contribution in [1.82, 2.24) is 26.2 Å². The largest absolute Gasteiger partial charge is 0.447 e. The van der Waals surface area contributed by atoms with E-state index in [1.807, 2.05) is 52.0 Å². The molecule has 1 saturated heterocycles. The molecule has 6 N–H and O–H groups in total. The smallest absolute Gasteiger partial charge is 0.407 e. The Bertz CT molecular complexity index is 1450. The zero-order chi connectivity index (χ0) is 35.8. The van der Waals surface area contributed by atoms with Crippen LogP contribution in [0.2, 0.25) is 0 Å². The van der Waals surface area contributed by atoms with Gasteiger partial charge in [-0.3, -0.25) is 19.2 Å². The van der Waals surface area contributed by atoms with E-state index in [0.717, 1.165) is 24.0 Å². The number of hydrogen-bond donors (Lipinski definition) is 5. The van der Waals surface area contributed by atoms with Crippen molar-refractivity contribution in [2.75, 3.05) is 13.2 Å². The highest BCUT2D eigenvalue weighted by Gasteiger charge is 2.70. The highest BCUT2D eigenvalue weighted by Crippen LogP contribution is 2.65. The number of ketones is 1. The lowest BCUT2D eigenvalue weighted by Crippen LogP contribution is -2.61.